The van der Waals surface area contributed by atoms with E-state index in [4.69, 9.17) is 5.73 Å². The molecule has 1 unspecified atom stereocenters. The number of nitrogens with one attached hydrogen (secondary N) is 2. The lowest BCUT2D eigenvalue weighted by Crippen LogP contribution is -2.48. The molecule has 0 bridgehead atoms. The number of hydrogen-bond acceptors (Lipinski definition) is 4. The molecule has 1 fully saturated rings. The van der Waals surface area contributed by atoms with Crippen LogP contribution in [0.1, 0.15) is 45.4 Å². The molecule has 2 amide bonds. The van der Waals surface area contributed by atoms with E-state index >= 15 is 0 Å². The van der Waals surface area contributed by atoms with Gasteiger partial charge in [-0.25, -0.2) is 0 Å². The van der Waals surface area contributed by atoms with E-state index in [1.54, 1.807) is 12.3 Å². The Bertz CT molecular complexity index is 948. The van der Waals surface area contributed by atoms with Crippen molar-refractivity contribution >= 4 is 17.5 Å². The highest BCUT2D eigenvalue weighted by Crippen LogP contribution is 2.32. The predicted molar refractivity (Wildman–Crippen MR) is 104 cm³/mol. The summed E-state index contributed by atoms with van der Waals surface area (Å²) in [6.07, 6.45) is -1.70. The number of halogens is 3. The molecule has 1 aromatic heterocycles. The first kappa shape index (κ1) is 20.4. The van der Waals surface area contributed by atoms with Crippen LogP contribution in [0.4, 0.5) is 18.9 Å². The van der Waals surface area contributed by atoms with Crippen LogP contribution in [0.5, 0.6) is 0 Å². The molecule has 1 aromatic carbocycles. The second kappa shape index (κ2) is 7.77. The third-order valence-corrected chi connectivity index (χ3v) is 5.47. The van der Waals surface area contributed by atoms with Gasteiger partial charge in [0, 0.05) is 24.5 Å². The van der Waals surface area contributed by atoms with Crippen LogP contribution < -0.4 is 21.3 Å². The number of carbonyl (C=O) groups excluding carboxylic acids is 2. The van der Waals surface area contributed by atoms with Gasteiger partial charge in [0.2, 0.25) is 0 Å². The summed E-state index contributed by atoms with van der Waals surface area (Å²) in [6.45, 7) is 1.65. The standard InChI is InChI=1S/C20H22F3N5O2/c21-20(22,23)12-3-5-14(6-4-12)28-11-16(24)27-9-7-15(17(27)19(28)30)18(29)26-13-2-1-8-25-10-13/h3-7,9,13,16,25H,1-2,8,10-11,24H2,(H,26,29)/t13?,16-/m1/s1. The summed E-state index contributed by atoms with van der Waals surface area (Å²) in [5, 5.41) is 6.15. The summed E-state index contributed by atoms with van der Waals surface area (Å²) in [6, 6.07) is 5.84. The van der Waals surface area contributed by atoms with Crippen molar-refractivity contribution < 1.29 is 22.8 Å². The van der Waals surface area contributed by atoms with Gasteiger partial charge in [-0.3, -0.25) is 9.59 Å². The van der Waals surface area contributed by atoms with Gasteiger partial charge < -0.3 is 25.8 Å². The summed E-state index contributed by atoms with van der Waals surface area (Å²) in [5.41, 5.74) is 6.01. The number of hydrogen-bond donors (Lipinski definition) is 3. The van der Waals surface area contributed by atoms with Gasteiger partial charge in [-0.2, -0.15) is 13.2 Å². The Morgan fingerprint density at radius 3 is 2.57 bits per heavy atom. The van der Waals surface area contributed by atoms with Crippen molar-refractivity contribution in [2.75, 3.05) is 24.5 Å². The monoisotopic (exact) mass is 421 g/mol. The molecule has 2 aliphatic rings. The largest absolute Gasteiger partial charge is 0.416 e. The number of nitrogens with two attached hydrogens (primary N) is 1. The van der Waals surface area contributed by atoms with Crippen LogP contribution in [0.15, 0.2) is 36.5 Å². The third kappa shape index (κ3) is 3.80. The van der Waals surface area contributed by atoms with E-state index in [0.717, 1.165) is 31.5 Å². The maximum absolute atomic E-state index is 13.2. The van der Waals surface area contributed by atoms with Crippen molar-refractivity contribution in [1.29, 1.82) is 0 Å². The highest BCUT2D eigenvalue weighted by atomic mass is 19.4. The molecule has 3 heterocycles. The van der Waals surface area contributed by atoms with Crippen LogP contribution in [0.25, 0.3) is 0 Å². The van der Waals surface area contributed by atoms with E-state index in [0.29, 0.717) is 12.2 Å². The fourth-order valence-electron chi connectivity index (χ4n) is 3.91. The second-order valence-corrected chi connectivity index (χ2v) is 7.53. The Labute approximate surface area is 171 Å². The first-order chi connectivity index (χ1) is 14.3. The highest BCUT2D eigenvalue weighted by Gasteiger charge is 2.35. The number of nitrogens with zero attached hydrogens (tertiary/aromatic N) is 2. The number of benzene rings is 1. The Hall–Kier alpha value is -2.85. The summed E-state index contributed by atoms with van der Waals surface area (Å²) in [5.74, 6) is -0.847. The minimum atomic E-state index is -4.46. The Morgan fingerprint density at radius 1 is 1.20 bits per heavy atom. The average Bonchev–Trinajstić information content (AvgIpc) is 3.17. The lowest BCUT2D eigenvalue weighted by Gasteiger charge is -2.33. The van der Waals surface area contributed by atoms with Crippen LogP contribution in [-0.2, 0) is 6.18 Å². The first-order valence-electron chi connectivity index (χ1n) is 9.73. The maximum Gasteiger partial charge on any atom is 0.416 e. The number of rotatable bonds is 3. The van der Waals surface area contributed by atoms with E-state index < -0.39 is 23.8 Å². The molecule has 1 saturated heterocycles. The Kier molecular flexibility index (Phi) is 5.29. The molecule has 160 valence electrons. The van der Waals surface area contributed by atoms with Gasteiger partial charge in [-0.05, 0) is 49.7 Å². The Morgan fingerprint density at radius 2 is 1.93 bits per heavy atom. The van der Waals surface area contributed by atoms with Crippen LogP contribution in [-0.4, -0.2) is 42.1 Å². The minimum Gasteiger partial charge on any atom is -0.348 e. The highest BCUT2D eigenvalue weighted by molar-refractivity contribution is 6.13. The molecule has 7 nitrogen and oxygen atoms in total. The molecule has 2 aliphatic heterocycles. The third-order valence-electron chi connectivity index (χ3n) is 5.47. The molecule has 30 heavy (non-hydrogen) atoms. The summed E-state index contributed by atoms with van der Waals surface area (Å²) >= 11 is 0. The molecule has 4 N–H and O–H groups in total. The van der Waals surface area contributed by atoms with Crippen molar-refractivity contribution in [3.05, 3.63) is 53.3 Å². The molecular weight excluding hydrogens is 399 g/mol. The van der Waals surface area contributed by atoms with Crippen molar-refractivity contribution in [3.63, 3.8) is 0 Å². The zero-order valence-electron chi connectivity index (χ0n) is 16.1. The zero-order chi connectivity index (χ0) is 21.5. The average molecular weight is 421 g/mol. The van der Waals surface area contributed by atoms with Gasteiger partial charge in [0.1, 0.15) is 5.69 Å². The van der Waals surface area contributed by atoms with E-state index in [1.807, 2.05) is 0 Å². The number of carbonyl (C=O) groups is 2. The van der Waals surface area contributed by atoms with E-state index in [9.17, 15) is 22.8 Å². The number of alkyl halides is 3. The van der Waals surface area contributed by atoms with E-state index in [2.05, 4.69) is 10.6 Å². The molecule has 2 atom stereocenters. The van der Waals surface area contributed by atoms with E-state index in [1.165, 1.54) is 21.6 Å². The van der Waals surface area contributed by atoms with Gasteiger partial charge in [0.15, 0.2) is 0 Å². The number of piperidine rings is 1. The molecule has 0 saturated carbocycles. The molecule has 0 spiro atoms. The lowest BCUT2D eigenvalue weighted by molar-refractivity contribution is -0.137. The molecule has 0 aliphatic carbocycles. The van der Waals surface area contributed by atoms with Gasteiger partial charge >= 0.3 is 6.18 Å². The molecular formula is C20H22F3N5O2. The van der Waals surface area contributed by atoms with Gasteiger partial charge in [0.05, 0.1) is 23.8 Å². The zero-order valence-corrected chi connectivity index (χ0v) is 16.1. The number of amides is 2. The summed E-state index contributed by atoms with van der Waals surface area (Å²) < 4.78 is 40.1. The van der Waals surface area contributed by atoms with Crippen molar-refractivity contribution in [2.24, 2.45) is 5.73 Å². The van der Waals surface area contributed by atoms with Crippen LogP contribution in [0.2, 0.25) is 0 Å². The topological polar surface area (TPSA) is 92.4 Å². The molecule has 2 aromatic rings. The van der Waals surface area contributed by atoms with Crippen LogP contribution in [0.3, 0.4) is 0 Å². The van der Waals surface area contributed by atoms with Crippen molar-refractivity contribution in [3.8, 4) is 0 Å². The van der Waals surface area contributed by atoms with Gasteiger partial charge in [0.25, 0.3) is 11.8 Å². The summed E-state index contributed by atoms with van der Waals surface area (Å²) in [4.78, 5) is 27.3. The van der Waals surface area contributed by atoms with Gasteiger partial charge in [-0.1, -0.05) is 0 Å². The Balaban J connectivity index is 1.60. The first-order valence-corrected chi connectivity index (χ1v) is 9.73. The number of fused-ring (bicyclic) bond motifs is 1. The van der Waals surface area contributed by atoms with E-state index in [-0.39, 0.29) is 29.8 Å². The van der Waals surface area contributed by atoms with Crippen LogP contribution >= 0.6 is 0 Å². The minimum absolute atomic E-state index is 0.0276. The SMILES string of the molecule is N[C@H]1CN(c2ccc(C(F)(F)F)cc2)C(=O)c2c(C(=O)NC3CCCNC3)ccn21. The maximum atomic E-state index is 13.2. The molecule has 10 heteroatoms. The molecule has 0 radical (unpaired) electrons. The smallest absolute Gasteiger partial charge is 0.348 e. The van der Waals surface area contributed by atoms with Gasteiger partial charge in [-0.15, -0.1) is 0 Å². The fourth-order valence-corrected chi connectivity index (χ4v) is 3.91. The van der Waals surface area contributed by atoms with Crippen molar-refractivity contribution in [1.82, 2.24) is 15.2 Å². The van der Waals surface area contributed by atoms with Crippen LogP contribution in [0, 0.1) is 0 Å². The molecule has 4 rings (SSSR count). The lowest BCUT2D eigenvalue weighted by atomic mass is 10.1. The quantitative estimate of drug-likeness (QED) is 0.708. The number of anilines is 1. The predicted octanol–water partition coefficient (Wildman–Crippen LogP) is 2.11. The number of aromatic nitrogens is 1. The normalized spacial score (nSPS) is 22.0. The fraction of sp³-hybridized carbons (Fsp3) is 0.400. The second-order valence-electron chi connectivity index (χ2n) is 7.53. The summed E-state index contributed by atoms with van der Waals surface area (Å²) in [7, 11) is 0. The van der Waals surface area contributed by atoms with Crippen molar-refractivity contribution in [2.45, 2.75) is 31.2 Å².